The van der Waals surface area contributed by atoms with Crippen molar-refractivity contribution in [3.8, 4) is 5.75 Å². The zero-order valence-electron chi connectivity index (χ0n) is 13.1. The molecule has 0 spiro atoms. The number of carbonyl (C=O) groups is 2. The Balaban J connectivity index is 2.01. The molecule has 1 aliphatic carbocycles. The maximum Gasteiger partial charge on any atom is 0.159 e. The number of hydrogen-bond acceptors (Lipinski definition) is 4. The van der Waals surface area contributed by atoms with E-state index in [9.17, 15) is 9.59 Å². The summed E-state index contributed by atoms with van der Waals surface area (Å²) in [5.41, 5.74) is 0.717. The molecule has 0 fully saturated rings. The van der Waals surface area contributed by atoms with Crippen molar-refractivity contribution in [2.45, 2.75) is 32.9 Å². The van der Waals surface area contributed by atoms with Gasteiger partial charge in [-0.05, 0) is 44.2 Å². The summed E-state index contributed by atoms with van der Waals surface area (Å²) in [6.45, 7) is 4.91. The van der Waals surface area contributed by atoms with Gasteiger partial charge in [-0.25, -0.2) is 0 Å². The van der Waals surface area contributed by atoms with E-state index >= 15 is 0 Å². The molecule has 0 bridgehead atoms. The Hall–Kier alpha value is -2.36. The molecule has 116 valence electrons. The molecule has 2 atom stereocenters. The number of allylic oxidation sites excluding steroid dienone is 2. The average Bonchev–Trinajstić information content (AvgIpc) is 2.48. The molecule has 0 saturated carbocycles. The molecule has 1 aliphatic rings. The van der Waals surface area contributed by atoms with E-state index in [4.69, 9.17) is 4.74 Å². The fourth-order valence-electron chi connectivity index (χ4n) is 2.29. The third kappa shape index (κ3) is 4.07. The Bertz CT molecular complexity index is 587. The van der Waals surface area contributed by atoms with Gasteiger partial charge in [0, 0.05) is 11.6 Å². The van der Waals surface area contributed by atoms with Crippen LogP contribution >= 0.6 is 0 Å². The van der Waals surface area contributed by atoms with E-state index in [0.717, 1.165) is 11.4 Å². The van der Waals surface area contributed by atoms with Gasteiger partial charge in [0.25, 0.3) is 0 Å². The van der Waals surface area contributed by atoms with E-state index in [1.54, 1.807) is 12.1 Å². The van der Waals surface area contributed by atoms with E-state index in [1.807, 2.05) is 30.4 Å². The molecule has 0 heterocycles. The number of benzene rings is 1. The Morgan fingerprint density at radius 1 is 1.05 bits per heavy atom. The van der Waals surface area contributed by atoms with E-state index in [2.05, 4.69) is 18.3 Å². The zero-order chi connectivity index (χ0) is 16.1. The van der Waals surface area contributed by atoms with Crippen LogP contribution in [-0.4, -0.2) is 23.7 Å². The van der Waals surface area contributed by atoms with Crippen LogP contribution in [0.2, 0.25) is 0 Å². The molecule has 1 aromatic rings. The predicted octanol–water partition coefficient (Wildman–Crippen LogP) is 3.15. The Kier molecular flexibility index (Phi) is 5.15. The van der Waals surface area contributed by atoms with E-state index in [-0.39, 0.29) is 17.7 Å². The lowest BCUT2D eigenvalue weighted by atomic mass is 10.00. The SMILES string of the molecule is CC(=O)C(Nc1ccc(OC2C=CC=CC2C)cc1)C(C)=O. The first-order valence-corrected chi connectivity index (χ1v) is 7.36. The number of hydrogen-bond donors (Lipinski definition) is 1. The van der Waals surface area contributed by atoms with E-state index < -0.39 is 6.04 Å². The van der Waals surface area contributed by atoms with Gasteiger partial charge in [-0.1, -0.05) is 25.2 Å². The molecule has 1 aromatic carbocycles. The molecule has 4 nitrogen and oxygen atoms in total. The van der Waals surface area contributed by atoms with Crippen LogP contribution in [-0.2, 0) is 9.59 Å². The molecule has 2 unspecified atom stereocenters. The average molecular weight is 299 g/mol. The standard InChI is InChI=1S/C18H21NO3/c1-12-6-4-5-7-17(12)22-16-10-8-15(9-11-16)19-18(13(2)20)14(3)21/h4-12,17-19H,1-3H3. The summed E-state index contributed by atoms with van der Waals surface area (Å²) < 4.78 is 5.92. The number of rotatable bonds is 6. The molecule has 0 amide bonds. The second kappa shape index (κ2) is 7.07. The molecule has 0 saturated heterocycles. The third-order valence-corrected chi connectivity index (χ3v) is 3.60. The molecule has 0 aromatic heterocycles. The lowest BCUT2D eigenvalue weighted by Gasteiger charge is -2.22. The molecule has 2 rings (SSSR count). The van der Waals surface area contributed by atoms with Gasteiger partial charge in [-0.15, -0.1) is 0 Å². The van der Waals surface area contributed by atoms with Crippen molar-refractivity contribution in [2.75, 3.05) is 5.32 Å². The highest BCUT2D eigenvalue weighted by atomic mass is 16.5. The summed E-state index contributed by atoms with van der Waals surface area (Å²) in [6, 6.07) is 6.48. The second-order valence-corrected chi connectivity index (χ2v) is 5.53. The monoisotopic (exact) mass is 299 g/mol. The van der Waals surface area contributed by atoms with Crippen LogP contribution in [0, 0.1) is 5.92 Å². The van der Waals surface area contributed by atoms with Crippen molar-refractivity contribution >= 4 is 17.3 Å². The Labute approximate surface area is 130 Å². The number of ether oxygens (including phenoxy) is 1. The maximum atomic E-state index is 11.4. The second-order valence-electron chi connectivity index (χ2n) is 5.53. The van der Waals surface area contributed by atoms with Crippen molar-refractivity contribution < 1.29 is 14.3 Å². The van der Waals surface area contributed by atoms with Crippen LogP contribution in [0.3, 0.4) is 0 Å². The summed E-state index contributed by atoms with van der Waals surface area (Å²) in [6.07, 6.45) is 8.14. The normalized spacial score (nSPS) is 20.0. The quantitative estimate of drug-likeness (QED) is 0.820. The first-order valence-electron chi connectivity index (χ1n) is 7.36. The molecular formula is C18H21NO3. The summed E-state index contributed by atoms with van der Waals surface area (Å²) in [5, 5.41) is 2.94. The number of nitrogens with one attached hydrogen (secondary N) is 1. The van der Waals surface area contributed by atoms with Crippen LogP contribution in [0.5, 0.6) is 5.75 Å². The molecule has 1 N–H and O–H groups in total. The lowest BCUT2D eigenvalue weighted by Crippen LogP contribution is -2.34. The first kappa shape index (κ1) is 16.0. The van der Waals surface area contributed by atoms with Crippen molar-refractivity contribution in [2.24, 2.45) is 5.92 Å². The van der Waals surface area contributed by atoms with Gasteiger partial charge >= 0.3 is 0 Å². The van der Waals surface area contributed by atoms with Crippen molar-refractivity contribution in [1.82, 2.24) is 0 Å². The molecule has 22 heavy (non-hydrogen) atoms. The summed E-state index contributed by atoms with van der Waals surface area (Å²) in [5.74, 6) is 0.689. The largest absolute Gasteiger partial charge is 0.486 e. The van der Waals surface area contributed by atoms with Crippen molar-refractivity contribution in [1.29, 1.82) is 0 Å². The van der Waals surface area contributed by atoms with Crippen LogP contribution in [0.4, 0.5) is 5.69 Å². The minimum atomic E-state index is -0.793. The number of ketones is 2. The van der Waals surface area contributed by atoms with Gasteiger partial charge in [0.2, 0.25) is 0 Å². The van der Waals surface area contributed by atoms with Gasteiger partial charge in [-0.2, -0.15) is 0 Å². The van der Waals surface area contributed by atoms with E-state index in [0.29, 0.717) is 5.92 Å². The molecule has 0 radical (unpaired) electrons. The summed E-state index contributed by atoms with van der Waals surface area (Å²) >= 11 is 0. The fourth-order valence-corrected chi connectivity index (χ4v) is 2.29. The van der Waals surface area contributed by atoms with Crippen LogP contribution in [0.25, 0.3) is 0 Å². The number of Topliss-reactive ketones (excluding diaryl/α,β-unsaturated/α-hetero) is 2. The summed E-state index contributed by atoms with van der Waals surface area (Å²) in [4.78, 5) is 22.9. The number of anilines is 1. The lowest BCUT2D eigenvalue weighted by molar-refractivity contribution is -0.125. The minimum Gasteiger partial charge on any atom is -0.486 e. The highest BCUT2D eigenvalue weighted by Crippen LogP contribution is 2.22. The van der Waals surface area contributed by atoms with Crippen LogP contribution < -0.4 is 10.1 Å². The zero-order valence-corrected chi connectivity index (χ0v) is 13.1. The Morgan fingerprint density at radius 3 is 2.18 bits per heavy atom. The van der Waals surface area contributed by atoms with Crippen molar-refractivity contribution in [3.05, 3.63) is 48.6 Å². The highest BCUT2D eigenvalue weighted by Gasteiger charge is 2.19. The molecular weight excluding hydrogens is 278 g/mol. The molecule has 4 heteroatoms. The fraction of sp³-hybridized carbons (Fsp3) is 0.333. The summed E-state index contributed by atoms with van der Waals surface area (Å²) in [7, 11) is 0. The van der Waals surface area contributed by atoms with Crippen LogP contribution in [0.1, 0.15) is 20.8 Å². The van der Waals surface area contributed by atoms with Gasteiger partial charge in [0.1, 0.15) is 17.9 Å². The third-order valence-electron chi connectivity index (χ3n) is 3.60. The van der Waals surface area contributed by atoms with Gasteiger partial charge in [0.15, 0.2) is 11.6 Å². The van der Waals surface area contributed by atoms with Crippen LogP contribution in [0.15, 0.2) is 48.6 Å². The van der Waals surface area contributed by atoms with Gasteiger partial charge < -0.3 is 10.1 Å². The predicted molar refractivity (Wildman–Crippen MR) is 87.1 cm³/mol. The van der Waals surface area contributed by atoms with E-state index in [1.165, 1.54) is 13.8 Å². The topological polar surface area (TPSA) is 55.4 Å². The maximum absolute atomic E-state index is 11.4. The number of carbonyl (C=O) groups excluding carboxylic acids is 2. The minimum absolute atomic E-state index is 0.0194. The van der Waals surface area contributed by atoms with Gasteiger partial charge in [0.05, 0.1) is 0 Å². The highest BCUT2D eigenvalue weighted by molar-refractivity contribution is 6.06. The smallest absolute Gasteiger partial charge is 0.159 e. The van der Waals surface area contributed by atoms with Gasteiger partial charge in [-0.3, -0.25) is 9.59 Å². The van der Waals surface area contributed by atoms with Crippen molar-refractivity contribution in [3.63, 3.8) is 0 Å². The molecule has 0 aliphatic heterocycles. The Morgan fingerprint density at radius 2 is 1.64 bits per heavy atom. The first-order chi connectivity index (χ1) is 10.5.